The van der Waals surface area contributed by atoms with Crippen molar-refractivity contribution >= 4 is 40.5 Å². The number of halogens is 5. The first-order chi connectivity index (χ1) is 12.7. The lowest BCUT2D eigenvalue weighted by Crippen LogP contribution is -2.35. The van der Waals surface area contributed by atoms with Gasteiger partial charge in [0.05, 0.1) is 19.9 Å². The largest absolute Gasteiger partial charge is 0.495 e. The van der Waals surface area contributed by atoms with E-state index in [0.29, 0.717) is 10.8 Å². The summed E-state index contributed by atoms with van der Waals surface area (Å²) in [5, 5.41) is 4.33. The molecule has 0 aliphatic rings. The van der Waals surface area contributed by atoms with Crippen LogP contribution in [0.5, 0.6) is 11.5 Å². The van der Waals surface area contributed by atoms with Crippen LogP contribution in [-0.4, -0.2) is 25.2 Å². The van der Waals surface area contributed by atoms with Gasteiger partial charge in [-0.1, -0.05) is 11.6 Å². The maximum absolute atomic E-state index is 14.0. The van der Waals surface area contributed by atoms with Crippen LogP contribution in [0.3, 0.4) is 0 Å². The lowest BCUT2D eigenvalue weighted by Gasteiger charge is -2.14. The van der Waals surface area contributed by atoms with E-state index in [1.807, 2.05) is 5.32 Å². The van der Waals surface area contributed by atoms with E-state index in [1.54, 1.807) is 0 Å². The van der Waals surface area contributed by atoms with Gasteiger partial charge in [-0.3, -0.25) is 10.1 Å². The molecule has 5 nitrogen and oxygen atoms in total. The Morgan fingerprint density at radius 2 is 1.63 bits per heavy atom. The van der Waals surface area contributed by atoms with Gasteiger partial charge in [0.1, 0.15) is 11.3 Å². The number of thiocarbonyl (C=S) groups is 1. The normalized spacial score (nSPS) is 10.3. The van der Waals surface area contributed by atoms with E-state index >= 15 is 0 Å². The minimum Gasteiger partial charge on any atom is -0.495 e. The van der Waals surface area contributed by atoms with E-state index in [9.17, 15) is 22.4 Å². The van der Waals surface area contributed by atoms with E-state index in [0.717, 1.165) is 7.11 Å². The van der Waals surface area contributed by atoms with Gasteiger partial charge in [0.2, 0.25) is 11.6 Å². The maximum Gasteiger partial charge on any atom is 0.263 e. The Morgan fingerprint density at radius 1 is 1.04 bits per heavy atom. The van der Waals surface area contributed by atoms with E-state index < -0.39 is 45.6 Å². The summed E-state index contributed by atoms with van der Waals surface area (Å²) in [5.41, 5.74) is -1.25. The molecule has 0 heterocycles. The molecule has 11 heteroatoms. The minimum absolute atomic E-state index is 0.239. The SMILES string of the molecule is COc1ccc(Cl)cc1NC(=S)NC(=O)c1c(F)c(F)c(OC)c(F)c1F. The third-order valence-corrected chi connectivity index (χ3v) is 3.73. The fourth-order valence-electron chi connectivity index (χ4n) is 2.09. The number of anilines is 1. The predicted molar refractivity (Wildman–Crippen MR) is 94.5 cm³/mol. The van der Waals surface area contributed by atoms with Crippen LogP contribution < -0.4 is 20.1 Å². The fraction of sp³-hybridized carbons (Fsp3) is 0.125. The topological polar surface area (TPSA) is 59.6 Å². The van der Waals surface area contributed by atoms with E-state index in [-0.39, 0.29) is 5.69 Å². The maximum atomic E-state index is 14.0. The summed E-state index contributed by atoms with van der Waals surface area (Å²) in [6.07, 6.45) is 0. The third-order valence-electron chi connectivity index (χ3n) is 3.29. The van der Waals surface area contributed by atoms with Crippen molar-refractivity contribution in [3.63, 3.8) is 0 Å². The molecule has 0 spiro atoms. The molecule has 2 N–H and O–H groups in total. The van der Waals surface area contributed by atoms with E-state index in [4.69, 9.17) is 28.6 Å². The van der Waals surface area contributed by atoms with Gasteiger partial charge in [-0.25, -0.2) is 8.78 Å². The number of methoxy groups -OCH3 is 2. The molecule has 0 atom stereocenters. The highest BCUT2D eigenvalue weighted by molar-refractivity contribution is 7.80. The van der Waals surface area contributed by atoms with Crippen LogP contribution in [-0.2, 0) is 0 Å². The lowest BCUT2D eigenvalue weighted by molar-refractivity contribution is 0.0966. The molecule has 27 heavy (non-hydrogen) atoms. The van der Waals surface area contributed by atoms with E-state index in [1.165, 1.54) is 25.3 Å². The van der Waals surface area contributed by atoms with Crippen molar-refractivity contribution in [3.05, 3.63) is 52.1 Å². The zero-order chi connectivity index (χ0) is 20.3. The van der Waals surface area contributed by atoms with Crippen LogP contribution >= 0.6 is 23.8 Å². The molecular formula is C16H11ClF4N2O3S. The number of hydrogen-bond acceptors (Lipinski definition) is 4. The highest BCUT2D eigenvalue weighted by atomic mass is 35.5. The number of hydrogen-bond donors (Lipinski definition) is 2. The highest BCUT2D eigenvalue weighted by Gasteiger charge is 2.30. The summed E-state index contributed by atoms with van der Waals surface area (Å²) in [7, 11) is 2.18. The molecule has 144 valence electrons. The van der Waals surface area contributed by atoms with Crippen LogP contribution in [0.2, 0.25) is 5.02 Å². The first kappa shape index (κ1) is 20.7. The van der Waals surface area contributed by atoms with Gasteiger partial charge < -0.3 is 14.8 Å². The van der Waals surface area contributed by atoms with Crippen molar-refractivity contribution in [2.75, 3.05) is 19.5 Å². The lowest BCUT2D eigenvalue weighted by atomic mass is 10.1. The van der Waals surface area contributed by atoms with Crippen LogP contribution in [0.15, 0.2) is 18.2 Å². The summed E-state index contributed by atoms with van der Waals surface area (Å²) in [4.78, 5) is 12.1. The van der Waals surface area contributed by atoms with Gasteiger partial charge >= 0.3 is 0 Å². The average Bonchev–Trinajstić information content (AvgIpc) is 2.61. The predicted octanol–water partition coefficient (Wildman–Crippen LogP) is 4.04. The Balaban J connectivity index is 2.28. The van der Waals surface area contributed by atoms with Gasteiger partial charge in [0.25, 0.3) is 5.91 Å². The summed E-state index contributed by atoms with van der Waals surface area (Å²) < 4.78 is 64.7. The Hall–Kier alpha value is -2.59. The molecule has 1 amide bonds. The standard InChI is InChI=1S/C16H11ClF4N2O3S/c1-25-8-4-3-6(17)5-7(8)22-16(27)23-15(24)9-10(18)12(20)14(26-2)13(21)11(9)19/h3-5H,1-2H3,(H2,22,23,24,27). The quantitative estimate of drug-likeness (QED) is 0.442. The average molecular weight is 423 g/mol. The van der Waals surface area contributed by atoms with Gasteiger partial charge in [-0.05, 0) is 30.4 Å². The first-order valence-electron chi connectivity index (χ1n) is 7.07. The molecule has 0 fully saturated rings. The molecule has 0 aliphatic carbocycles. The minimum atomic E-state index is -1.92. The second kappa shape index (κ2) is 8.40. The van der Waals surface area contributed by atoms with Crippen molar-refractivity contribution in [2.45, 2.75) is 0 Å². The molecule has 0 radical (unpaired) electrons. The number of amides is 1. The molecule has 2 aromatic carbocycles. The zero-order valence-electron chi connectivity index (χ0n) is 13.8. The van der Waals surface area contributed by atoms with Gasteiger partial charge in [0.15, 0.2) is 22.5 Å². The van der Waals surface area contributed by atoms with Gasteiger partial charge in [0, 0.05) is 5.02 Å². The van der Waals surface area contributed by atoms with E-state index in [2.05, 4.69) is 10.1 Å². The Kier molecular flexibility index (Phi) is 6.45. The van der Waals surface area contributed by atoms with Crippen molar-refractivity contribution in [1.29, 1.82) is 0 Å². The molecule has 2 rings (SSSR count). The van der Waals surface area contributed by atoms with Crippen LogP contribution in [0.25, 0.3) is 0 Å². The second-order valence-electron chi connectivity index (χ2n) is 4.92. The Bertz CT molecular complexity index is 898. The molecule has 0 aliphatic heterocycles. The van der Waals surface area contributed by atoms with Crippen molar-refractivity contribution in [3.8, 4) is 11.5 Å². The summed E-state index contributed by atoms with van der Waals surface area (Å²) in [6.45, 7) is 0. The Morgan fingerprint density at radius 3 is 2.15 bits per heavy atom. The molecule has 0 bridgehead atoms. The van der Waals surface area contributed by atoms with Crippen LogP contribution in [0.1, 0.15) is 10.4 Å². The molecule has 2 aromatic rings. The molecule has 0 saturated heterocycles. The number of carbonyl (C=O) groups excluding carboxylic acids is 1. The second-order valence-corrected chi connectivity index (χ2v) is 5.76. The van der Waals surface area contributed by atoms with Crippen molar-refractivity contribution < 1.29 is 31.8 Å². The highest BCUT2D eigenvalue weighted by Crippen LogP contribution is 2.30. The van der Waals surface area contributed by atoms with Gasteiger partial charge in [-0.2, -0.15) is 8.78 Å². The molecular weight excluding hydrogens is 412 g/mol. The van der Waals surface area contributed by atoms with Crippen LogP contribution in [0, 0.1) is 23.3 Å². The van der Waals surface area contributed by atoms with Crippen LogP contribution in [0.4, 0.5) is 23.2 Å². The molecule has 0 unspecified atom stereocenters. The third kappa shape index (κ3) is 4.22. The first-order valence-corrected chi connectivity index (χ1v) is 7.85. The number of nitrogens with one attached hydrogen (secondary N) is 2. The van der Waals surface area contributed by atoms with Gasteiger partial charge in [-0.15, -0.1) is 0 Å². The fourth-order valence-corrected chi connectivity index (χ4v) is 2.46. The number of ether oxygens (including phenoxy) is 2. The van der Waals surface area contributed by atoms with Crippen molar-refractivity contribution in [1.82, 2.24) is 5.32 Å². The van der Waals surface area contributed by atoms with Crippen molar-refractivity contribution in [2.24, 2.45) is 0 Å². The smallest absolute Gasteiger partial charge is 0.263 e. The Labute approximate surface area is 161 Å². The number of carbonyl (C=O) groups is 1. The molecule has 0 saturated carbocycles. The number of benzene rings is 2. The summed E-state index contributed by atoms with van der Waals surface area (Å²) in [6, 6.07) is 4.44. The molecule has 0 aromatic heterocycles. The summed E-state index contributed by atoms with van der Waals surface area (Å²) >= 11 is 10.7. The number of rotatable bonds is 4. The summed E-state index contributed by atoms with van der Waals surface area (Å²) in [5.74, 6) is -10.0. The zero-order valence-corrected chi connectivity index (χ0v) is 15.3. The monoisotopic (exact) mass is 422 g/mol.